The zero-order chi connectivity index (χ0) is 21.5. The van der Waals surface area contributed by atoms with Gasteiger partial charge in [-0.05, 0) is 63.6 Å². The molecule has 0 atom stereocenters. The molecule has 3 aromatic rings. The second kappa shape index (κ2) is 9.73. The summed E-state index contributed by atoms with van der Waals surface area (Å²) >= 11 is 0. The fraction of sp³-hybridized carbons (Fsp3) is 0.261. The van der Waals surface area contributed by atoms with Crippen LogP contribution in [0.15, 0.2) is 53.3 Å². The summed E-state index contributed by atoms with van der Waals surface area (Å²) in [5.74, 6) is 2.28. The smallest absolute Gasteiger partial charge is 0.254 e. The van der Waals surface area contributed by atoms with Crippen LogP contribution in [0.25, 0.3) is 0 Å². The number of aromatic nitrogens is 2. The van der Waals surface area contributed by atoms with Crippen LogP contribution in [0.2, 0.25) is 0 Å². The molecule has 1 amide bonds. The number of carbonyl (C=O) groups excluding carboxylic acids is 1. The summed E-state index contributed by atoms with van der Waals surface area (Å²) in [5, 5.41) is 2.86. The first-order valence-electron chi connectivity index (χ1n) is 9.82. The predicted molar refractivity (Wildman–Crippen MR) is 115 cm³/mol. The Morgan fingerprint density at radius 2 is 1.77 bits per heavy atom. The van der Waals surface area contributed by atoms with E-state index in [1.807, 2.05) is 43.3 Å². The molecule has 1 aromatic heterocycles. The van der Waals surface area contributed by atoms with Crippen LogP contribution in [-0.4, -0.2) is 22.5 Å². The van der Waals surface area contributed by atoms with E-state index in [4.69, 9.17) is 9.47 Å². The molecule has 0 aliphatic heterocycles. The van der Waals surface area contributed by atoms with Crippen LogP contribution >= 0.6 is 0 Å². The van der Waals surface area contributed by atoms with Crippen LogP contribution in [-0.2, 0) is 11.2 Å². The molecule has 0 saturated carbocycles. The van der Waals surface area contributed by atoms with Crippen LogP contribution in [0.4, 0.5) is 5.69 Å². The largest absolute Gasteiger partial charge is 0.494 e. The SMILES string of the molecule is CCOc1ccc(Oc2ccccc2NC(=O)CCc2c(C)nc(C)[nH]c2=O)cc1. The summed E-state index contributed by atoms with van der Waals surface area (Å²) in [6.45, 7) is 6.02. The number of aromatic amines is 1. The highest BCUT2D eigenvalue weighted by Gasteiger charge is 2.12. The van der Waals surface area contributed by atoms with E-state index in [-0.39, 0.29) is 17.9 Å². The van der Waals surface area contributed by atoms with E-state index in [9.17, 15) is 9.59 Å². The lowest BCUT2D eigenvalue weighted by Crippen LogP contribution is -2.20. The van der Waals surface area contributed by atoms with Crippen molar-refractivity contribution in [2.75, 3.05) is 11.9 Å². The van der Waals surface area contributed by atoms with E-state index in [0.29, 0.717) is 47.3 Å². The number of carbonyl (C=O) groups is 1. The maximum absolute atomic E-state index is 12.5. The normalized spacial score (nSPS) is 10.5. The predicted octanol–water partition coefficient (Wildman–Crippen LogP) is 4.15. The zero-order valence-corrected chi connectivity index (χ0v) is 17.3. The third-order valence-electron chi connectivity index (χ3n) is 4.47. The molecule has 7 heteroatoms. The number of amides is 1. The molecule has 0 bridgehead atoms. The topological polar surface area (TPSA) is 93.3 Å². The van der Waals surface area contributed by atoms with Gasteiger partial charge < -0.3 is 19.8 Å². The maximum Gasteiger partial charge on any atom is 0.254 e. The Morgan fingerprint density at radius 3 is 2.47 bits per heavy atom. The van der Waals surface area contributed by atoms with E-state index < -0.39 is 0 Å². The van der Waals surface area contributed by atoms with Crippen molar-refractivity contribution in [2.45, 2.75) is 33.6 Å². The van der Waals surface area contributed by atoms with Crippen molar-refractivity contribution < 1.29 is 14.3 Å². The molecule has 0 saturated heterocycles. The minimum Gasteiger partial charge on any atom is -0.494 e. The van der Waals surface area contributed by atoms with Gasteiger partial charge in [-0.3, -0.25) is 9.59 Å². The molecule has 0 unspecified atom stereocenters. The average Bonchev–Trinajstić information content (AvgIpc) is 2.70. The van der Waals surface area contributed by atoms with Gasteiger partial charge in [0.1, 0.15) is 17.3 Å². The van der Waals surface area contributed by atoms with Crippen LogP contribution in [0.5, 0.6) is 17.2 Å². The summed E-state index contributed by atoms with van der Waals surface area (Å²) in [7, 11) is 0. The van der Waals surface area contributed by atoms with Crippen LogP contribution in [0.1, 0.15) is 30.4 Å². The lowest BCUT2D eigenvalue weighted by atomic mass is 10.1. The molecule has 3 rings (SSSR count). The Bertz CT molecular complexity index is 1070. The molecule has 156 valence electrons. The molecule has 2 aromatic carbocycles. The summed E-state index contributed by atoms with van der Waals surface area (Å²) in [5.41, 5.74) is 1.52. The lowest BCUT2D eigenvalue weighted by Gasteiger charge is -2.13. The first-order chi connectivity index (χ1) is 14.5. The van der Waals surface area contributed by atoms with E-state index in [2.05, 4.69) is 15.3 Å². The van der Waals surface area contributed by atoms with E-state index >= 15 is 0 Å². The molecule has 0 spiro atoms. The fourth-order valence-corrected chi connectivity index (χ4v) is 3.05. The van der Waals surface area contributed by atoms with Gasteiger partial charge in [0, 0.05) is 17.7 Å². The molecule has 2 N–H and O–H groups in total. The number of nitrogens with one attached hydrogen (secondary N) is 2. The van der Waals surface area contributed by atoms with E-state index in [1.54, 1.807) is 26.0 Å². The number of para-hydroxylation sites is 2. The third-order valence-corrected chi connectivity index (χ3v) is 4.47. The van der Waals surface area contributed by atoms with E-state index in [1.165, 1.54) is 0 Å². The second-order valence-corrected chi connectivity index (χ2v) is 6.77. The van der Waals surface area contributed by atoms with Crippen molar-refractivity contribution in [3.05, 3.63) is 76.0 Å². The first kappa shape index (κ1) is 21.1. The van der Waals surface area contributed by atoms with Gasteiger partial charge in [0.05, 0.1) is 12.3 Å². The minimum absolute atomic E-state index is 0.159. The van der Waals surface area contributed by atoms with Crippen molar-refractivity contribution in [2.24, 2.45) is 0 Å². The Hall–Kier alpha value is -3.61. The van der Waals surface area contributed by atoms with Crippen LogP contribution < -0.4 is 20.3 Å². The molecule has 1 heterocycles. The Labute approximate surface area is 175 Å². The lowest BCUT2D eigenvalue weighted by molar-refractivity contribution is -0.116. The Morgan fingerprint density at radius 1 is 1.07 bits per heavy atom. The molecule has 30 heavy (non-hydrogen) atoms. The maximum atomic E-state index is 12.5. The number of rotatable bonds is 8. The van der Waals surface area contributed by atoms with Crippen molar-refractivity contribution in [1.82, 2.24) is 9.97 Å². The Kier molecular flexibility index (Phi) is 6.85. The van der Waals surface area contributed by atoms with Crippen molar-refractivity contribution in [3.63, 3.8) is 0 Å². The van der Waals surface area contributed by atoms with Gasteiger partial charge in [-0.1, -0.05) is 12.1 Å². The number of nitrogens with zero attached hydrogens (tertiary/aromatic N) is 1. The number of benzene rings is 2. The molecular weight excluding hydrogens is 382 g/mol. The highest BCUT2D eigenvalue weighted by molar-refractivity contribution is 5.92. The standard InChI is InChI=1S/C23H25N3O4/c1-4-29-17-9-11-18(12-10-17)30-21-8-6-5-7-20(21)26-22(27)14-13-19-15(2)24-16(3)25-23(19)28/h5-12H,4,13-14H2,1-3H3,(H,26,27)(H,24,25,28). The number of hydrogen-bond donors (Lipinski definition) is 2. The molecular formula is C23H25N3O4. The highest BCUT2D eigenvalue weighted by Crippen LogP contribution is 2.30. The van der Waals surface area contributed by atoms with Gasteiger partial charge >= 0.3 is 0 Å². The second-order valence-electron chi connectivity index (χ2n) is 6.77. The van der Waals surface area contributed by atoms with Crippen molar-refractivity contribution >= 4 is 11.6 Å². The average molecular weight is 407 g/mol. The number of ether oxygens (including phenoxy) is 2. The summed E-state index contributed by atoms with van der Waals surface area (Å²) in [6, 6.07) is 14.5. The van der Waals surface area contributed by atoms with Crippen molar-refractivity contribution in [3.8, 4) is 17.2 Å². The molecule has 7 nitrogen and oxygen atoms in total. The monoisotopic (exact) mass is 407 g/mol. The van der Waals surface area contributed by atoms with E-state index in [0.717, 1.165) is 5.75 Å². The summed E-state index contributed by atoms with van der Waals surface area (Å²) in [6.07, 6.45) is 0.467. The number of anilines is 1. The number of aryl methyl sites for hydroxylation is 2. The Balaban J connectivity index is 1.65. The molecule has 0 aliphatic carbocycles. The third kappa shape index (κ3) is 5.47. The summed E-state index contributed by atoms with van der Waals surface area (Å²) in [4.78, 5) is 31.5. The number of H-pyrrole nitrogens is 1. The quantitative estimate of drug-likeness (QED) is 0.585. The summed E-state index contributed by atoms with van der Waals surface area (Å²) < 4.78 is 11.4. The van der Waals surface area contributed by atoms with Gasteiger partial charge in [-0.15, -0.1) is 0 Å². The van der Waals surface area contributed by atoms with Gasteiger partial charge in [-0.25, -0.2) is 4.98 Å². The number of hydrogen-bond acceptors (Lipinski definition) is 5. The van der Waals surface area contributed by atoms with Crippen LogP contribution in [0, 0.1) is 13.8 Å². The van der Waals surface area contributed by atoms with Crippen molar-refractivity contribution in [1.29, 1.82) is 0 Å². The van der Waals surface area contributed by atoms with Gasteiger partial charge in [0.25, 0.3) is 5.56 Å². The van der Waals surface area contributed by atoms with Gasteiger partial charge in [0.2, 0.25) is 5.91 Å². The van der Waals surface area contributed by atoms with Gasteiger partial charge in [-0.2, -0.15) is 0 Å². The fourth-order valence-electron chi connectivity index (χ4n) is 3.05. The minimum atomic E-state index is -0.211. The van der Waals surface area contributed by atoms with Gasteiger partial charge in [0.15, 0.2) is 5.75 Å². The zero-order valence-electron chi connectivity index (χ0n) is 17.3. The first-order valence-corrected chi connectivity index (χ1v) is 9.82. The molecule has 0 fully saturated rings. The van der Waals surface area contributed by atoms with Crippen LogP contribution in [0.3, 0.4) is 0 Å². The highest BCUT2D eigenvalue weighted by atomic mass is 16.5. The molecule has 0 radical (unpaired) electrons. The molecule has 0 aliphatic rings.